The zero-order valence-electron chi connectivity index (χ0n) is 17.3. The lowest BCUT2D eigenvalue weighted by atomic mass is 9.68. The van der Waals surface area contributed by atoms with Crippen molar-refractivity contribution in [2.24, 2.45) is 17.8 Å². The summed E-state index contributed by atoms with van der Waals surface area (Å²) in [4.78, 5) is 40.4. The predicted molar refractivity (Wildman–Crippen MR) is 116 cm³/mol. The Bertz CT molecular complexity index is 950. The van der Waals surface area contributed by atoms with Crippen LogP contribution in [0, 0.1) is 17.8 Å². The fourth-order valence-electron chi connectivity index (χ4n) is 5.19. The fraction of sp³-hybridized carbons (Fsp3) is 0.400. The Labute approximate surface area is 181 Å². The van der Waals surface area contributed by atoms with E-state index in [4.69, 9.17) is 0 Å². The van der Waals surface area contributed by atoms with E-state index in [9.17, 15) is 24.6 Å². The van der Waals surface area contributed by atoms with Gasteiger partial charge >= 0.3 is 5.97 Å². The molecule has 3 atom stereocenters. The number of amides is 2. The number of carbonyl (C=O) groups is 3. The molecule has 0 bridgehead atoms. The highest BCUT2D eigenvalue weighted by atomic mass is 16.4. The number of hydrogen-bond donors (Lipinski definition) is 2. The van der Waals surface area contributed by atoms with E-state index in [1.807, 2.05) is 0 Å². The second-order valence-corrected chi connectivity index (χ2v) is 8.63. The van der Waals surface area contributed by atoms with Crippen LogP contribution in [0.2, 0.25) is 0 Å². The van der Waals surface area contributed by atoms with E-state index in [1.165, 1.54) is 18.6 Å². The first kappa shape index (κ1) is 21.1. The van der Waals surface area contributed by atoms with Crippen molar-refractivity contribution in [3.05, 3.63) is 60.2 Å². The second kappa shape index (κ2) is 8.92. The minimum absolute atomic E-state index is 0.0545. The lowest BCUT2D eigenvalue weighted by molar-refractivity contribution is -0.151. The molecule has 6 heteroatoms. The van der Waals surface area contributed by atoms with Gasteiger partial charge in [-0.3, -0.25) is 14.4 Å². The molecule has 1 saturated carbocycles. The normalized spacial score (nSPS) is 24.9. The van der Waals surface area contributed by atoms with Crippen molar-refractivity contribution < 1.29 is 24.6 Å². The fourth-order valence-corrected chi connectivity index (χ4v) is 5.19. The number of aromatic hydroxyl groups is 1. The smallest absolute Gasteiger partial charge is 0.316 e. The molecule has 2 N–H and O–H groups in total. The summed E-state index contributed by atoms with van der Waals surface area (Å²) < 4.78 is 0. The number of carboxylic acids is 1. The minimum Gasteiger partial charge on any atom is -0.508 e. The first-order chi connectivity index (χ1) is 15.0. The molecule has 2 amide bonds. The zero-order chi connectivity index (χ0) is 22.0. The molecular formula is C25H27NO5. The van der Waals surface area contributed by atoms with Crippen LogP contribution in [0.5, 0.6) is 5.75 Å². The van der Waals surface area contributed by atoms with E-state index in [0.29, 0.717) is 23.6 Å². The van der Waals surface area contributed by atoms with Crippen molar-refractivity contribution in [2.45, 2.75) is 44.4 Å². The van der Waals surface area contributed by atoms with Crippen LogP contribution in [0.4, 0.5) is 5.69 Å². The van der Waals surface area contributed by atoms with E-state index < -0.39 is 29.6 Å². The molecule has 0 spiro atoms. The lowest BCUT2D eigenvalue weighted by Gasteiger charge is -2.41. The quantitative estimate of drug-likeness (QED) is 0.553. The number of carbonyl (C=O) groups excluding carboxylic acids is 2. The van der Waals surface area contributed by atoms with Crippen molar-refractivity contribution in [2.75, 3.05) is 4.90 Å². The SMILES string of the molecule is O=C(O)C1C(=O)N(c2ccccc2)C(=O)C(CC2CCCCC2)C1c1ccc(O)cc1. The van der Waals surface area contributed by atoms with Gasteiger partial charge in [0.05, 0.1) is 5.69 Å². The number of hydrogen-bond acceptors (Lipinski definition) is 4. The second-order valence-electron chi connectivity index (χ2n) is 8.63. The van der Waals surface area contributed by atoms with E-state index in [0.717, 1.165) is 30.6 Å². The third-order valence-electron chi connectivity index (χ3n) is 6.69. The summed E-state index contributed by atoms with van der Waals surface area (Å²) in [7, 11) is 0. The van der Waals surface area contributed by atoms with E-state index in [2.05, 4.69) is 0 Å². The van der Waals surface area contributed by atoms with Crippen molar-refractivity contribution in [1.82, 2.24) is 0 Å². The molecule has 2 aromatic carbocycles. The first-order valence-electron chi connectivity index (χ1n) is 10.9. The number of imide groups is 1. The van der Waals surface area contributed by atoms with E-state index in [-0.39, 0.29) is 11.7 Å². The molecule has 162 valence electrons. The Hall–Kier alpha value is -3.15. The molecular weight excluding hydrogens is 394 g/mol. The third kappa shape index (κ3) is 4.20. The average molecular weight is 421 g/mol. The van der Waals surface area contributed by atoms with Gasteiger partial charge in [0.1, 0.15) is 11.7 Å². The summed E-state index contributed by atoms with van der Waals surface area (Å²) in [5.41, 5.74) is 1.00. The lowest BCUT2D eigenvalue weighted by Crippen LogP contribution is -2.56. The van der Waals surface area contributed by atoms with Gasteiger partial charge in [0.2, 0.25) is 11.8 Å². The third-order valence-corrected chi connectivity index (χ3v) is 6.69. The minimum atomic E-state index is -1.36. The molecule has 2 aromatic rings. The maximum Gasteiger partial charge on any atom is 0.316 e. The van der Waals surface area contributed by atoms with E-state index >= 15 is 0 Å². The Morgan fingerprint density at radius 2 is 1.55 bits per heavy atom. The molecule has 1 aliphatic carbocycles. The van der Waals surface area contributed by atoms with Crippen LogP contribution < -0.4 is 4.90 Å². The van der Waals surface area contributed by atoms with Crippen LogP contribution in [-0.2, 0) is 14.4 Å². The van der Waals surface area contributed by atoms with Crippen LogP contribution in [0.15, 0.2) is 54.6 Å². The van der Waals surface area contributed by atoms with Gasteiger partial charge in [0, 0.05) is 11.8 Å². The molecule has 2 aliphatic rings. The van der Waals surface area contributed by atoms with Crippen LogP contribution in [0.1, 0.15) is 50.0 Å². The van der Waals surface area contributed by atoms with Gasteiger partial charge in [-0.1, -0.05) is 62.4 Å². The molecule has 6 nitrogen and oxygen atoms in total. The molecule has 3 unspecified atom stereocenters. The van der Waals surface area contributed by atoms with Crippen molar-refractivity contribution in [3.8, 4) is 5.75 Å². The monoisotopic (exact) mass is 421 g/mol. The number of phenols is 1. The summed E-state index contributed by atoms with van der Waals surface area (Å²) >= 11 is 0. The number of phenolic OH excluding ortho intramolecular Hbond substituents is 1. The molecule has 1 saturated heterocycles. The van der Waals surface area contributed by atoms with Gasteiger partial charge in [-0.25, -0.2) is 4.90 Å². The summed E-state index contributed by atoms with van der Waals surface area (Å²) in [6.07, 6.45) is 6.00. The van der Waals surface area contributed by atoms with Crippen LogP contribution in [-0.4, -0.2) is 28.0 Å². The van der Waals surface area contributed by atoms with Crippen LogP contribution in [0.3, 0.4) is 0 Å². The maximum atomic E-state index is 13.7. The van der Waals surface area contributed by atoms with Crippen molar-refractivity contribution in [3.63, 3.8) is 0 Å². The highest BCUT2D eigenvalue weighted by Gasteiger charge is 2.52. The highest BCUT2D eigenvalue weighted by Crippen LogP contribution is 2.45. The number of nitrogens with zero attached hydrogens (tertiary/aromatic N) is 1. The maximum absolute atomic E-state index is 13.7. The van der Waals surface area contributed by atoms with Crippen LogP contribution in [0.25, 0.3) is 0 Å². The van der Waals surface area contributed by atoms with Gasteiger partial charge < -0.3 is 10.2 Å². The number of piperidine rings is 1. The zero-order valence-corrected chi connectivity index (χ0v) is 17.3. The summed E-state index contributed by atoms with van der Waals surface area (Å²) in [6, 6.07) is 14.8. The molecule has 1 heterocycles. The highest BCUT2D eigenvalue weighted by molar-refractivity contribution is 6.23. The first-order valence-corrected chi connectivity index (χ1v) is 10.9. The summed E-state index contributed by atoms with van der Waals surface area (Å²) in [6.45, 7) is 0. The number of para-hydroxylation sites is 1. The van der Waals surface area contributed by atoms with Crippen molar-refractivity contribution in [1.29, 1.82) is 0 Å². The van der Waals surface area contributed by atoms with Crippen LogP contribution >= 0.6 is 0 Å². The molecule has 2 fully saturated rings. The van der Waals surface area contributed by atoms with Gasteiger partial charge in [-0.15, -0.1) is 0 Å². The molecule has 4 rings (SSSR count). The molecule has 0 radical (unpaired) electrons. The molecule has 31 heavy (non-hydrogen) atoms. The Morgan fingerprint density at radius 3 is 2.16 bits per heavy atom. The number of anilines is 1. The Kier molecular flexibility index (Phi) is 6.07. The number of rotatable bonds is 5. The molecule has 1 aliphatic heterocycles. The number of benzene rings is 2. The van der Waals surface area contributed by atoms with Crippen molar-refractivity contribution >= 4 is 23.5 Å². The average Bonchev–Trinajstić information content (AvgIpc) is 2.77. The van der Waals surface area contributed by atoms with E-state index in [1.54, 1.807) is 42.5 Å². The van der Waals surface area contributed by atoms with Gasteiger partial charge in [0.25, 0.3) is 0 Å². The Morgan fingerprint density at radius 1 is 0.903 bits per heavy atom. The number of aliphatic carboxylic acids is 1. The Balaban J connectivity index is 1.79. The van der Waals surface area contributed by atoms with Gasteiger partial charge in [-0.05, 0) is 42.2 Å². The largest absolute Gasteiger partial charge is 0.508 e. The van der Waals surface area contributed by atoms with Gasteiger partial charge in [-0.2, -0.15) is 0 Å². The summed E-state index contributed by atoms with van der Waals surface area (Å²) in [5.74, 6) is -4.63. The van der Waals surface area contributed by atoms with Gasteiger partial charge in [0.15, 0.2) is 0 Å². The number of carboxylic acid groups (broad SMARTS) is 1. The topological polar surface area (TPSA) is 94.9 Å². The summed E-state index contributed by atoms with van der Waals surface area (Å²) in [5, 5.41) is 19.8. The standard InChI is InChI=1S/C25H27NO5/c27-19-13-11-17(12-14-19)21-20(15-16-7-3-1-4-8-16)23(28)26(18-9-5-2-6-10-18)24(29)22(21)25(30)31/h2,5-6,9-14,16,20-22,27H,1,3-4,7-8,15H2,(H,30,31). The molecule has 0 aromatic heterocycles. The predicted octanol–water partition coefficient (Wildman–Crippen LogP) is 4.34.